The highest BCUT2D eigenvalue weighted by molar-refractivity contribution is 4.91. The molecule has 4 heteroatoms. The molecule has 17 heavy (non-hydrogen) atoms. The Balaban J connectivity index is 1.93. The first-order valence-electron chi connectivity index (χ1n) is 7.00. The number of nitrogens with zero attached hydrogens (tertiary/aromatic N) is 3. The van der Waals surface area contributed by atoms with Crippen LogP contribution in [-0.4, -0.2) is 79.1 Å². The zero-order valence-corrected chi connectivity index (χ0v) is 11.6. The van der Waals surface area contributed by atoms with E-state index >= 15 is 0 Å². The van der Waals surface area contributed by atoms with Crippen molar-refractivity contribution < 1.29 is 0 Å². The summed E-state index contributed by atoms with van der Waals surface area (Å²) in [6.07, 6.45) is 1.32. The van der Waals surface area contributed by atoms with Crippen LogP contribution in [0.15, 0.2) is 0 Å². The molecule has 2 rings (SSSR count). The maximum atomic E-state index is 5.94. The van der Waals surface area contributed by atoms with E-state index in [1.54, 1.807) is 0 Å². The van der Waals surface area contributed by atoms with E-state index in [1.165, 1.54) is 32.6 Å². The van der Waals surface area contributed by atoms with Crippen LogP contribution < -0.4 is 5.73 Å². The number of piperazine rings is 1. The van der Waals surface area contributed by atoms with Crippen molar-refractivity contribution in [2.75, 3.05) is 46.3 Å². The second-order valence-electron chi connectivity index (χ2n) is 5.92. The average molecular weight is 240 g/mol. The summed E-state index contributed by atoms with van der Waals surface area (Å²) < 4.78 is 0. The predicted octanol–water partition coefficient (Wildman–Crippen LogP) is 0.0438. The van der Waals surface area contributed by atoms with Gasteiger partial charge in [0, 0.05) is 57.4 Å². The van der Waals surface area contributed by atoms with Gasteiger partial charge in [-0.2, -0.15) is 0 Å². The van der Waals surface area contributed by atoms with Gasteiger partial charge in [-0.05, 0) is 27.3 Å². The number of rotatable bonds is 3. The molecule has 2 unspecified atom stereocenters. The summed E-state index contributed by atoms with van der Waals surface area (Å²) in [5.41, 5.74) is 5.94. The topological polar surface area (TPSA) is 35.7 Å². The second-order valence-corrected chi connectivity index (χ2v) is 5.92. The third kappa shape index (κ3) is 2.99. The van der Waals surface area contributed by atoms with Crippen molar-refractivity contribution in [3.63, 3.8) is 0 Å². The number of nitrogens with two attached hydrogens (primary N) is 1. The van der Waals surface area contributed by atoms with E-state index in [-0.39, 0.29) is 0 Å². The van der Waals surface area contributed by atoms with Crippen LogP contribution in [0, 0.1) is 0 Å². The molecule has 2 heterocycles. The van der Waals surface area contributed by atoms with Crippen molar-refractivity contribution in [1.29, 1.82) is 0 Å². The van der Waals surface area contributed by atoms with Gasteiger partial charge in [0.15, 0.2) is 0 Å². The molecular weight excluding hydrogens is 212 g/mol. The lowest BCUT2D eigenvalue weighted by Gasteiger charge is -2.43. The summed E-state index contributed by atoms with van der Waals surface area (Å²) in [5, 5.41) is 0. The lowest BCUT2D eigenvalue weighted by atomic mass is 10.1. The molecule has 0 bridgehead atoms. The van der Waals surface area contributed by atoms with Crippen LogP contribution >= 0.6 is 0 Å². The van der Waals surface area contributed by atoms with Gasteiger partial charge in [0.25, 0.3) is 0 Å². The maximum Gasteiger partial charge on any atom is 0.0349 e. The van der Waals surface area contributed by atoms with Crippen LogP contribution in [0.2, 0.25) is 0 Å². The van der Waals surface area contributed by atoms with Crippen molar-refractivity contribution >= 4 is 0 Å². The van der Waals surface area contributed by atoms with E-state index in [4.69, 9.17) is 5.73 Å². The number of likely N-dealkylation sites (N-methyl/N-ethyl adjacent to an activating group) is 1. The van der Waals surface area contributed by atoms with Crippen LogP contribution in [0.5, 0.6) is 0 Å². The van der Waals surface area contributed by atoms with Gasteiger partial charge in [-0.1, -0.05) is 0 Å². The Kier molecular flexibility index (Phi) is 4.42. The molecule has 0 aromatic carbocycles. The summed E-state index contributed by atoms with van der Waals surface area (Å²) in [4.78, 5) is 7.67. The molecule has 0 aromatic rings. The molecule has 0 amide bonds. The minimum absolute atomic E-state index is 0.561. The van der Waals surface area contributed by atoms with Crippen LogP contribution in [0.3, 0.4) is 0 Å². The zero-order chi connectivity index (χ0) is 12.4. The van der Waals surface area contributed by atoms with Crippen molar-refractivity contribution in [2.24, 2.45) is 5.73 Å². The number of hydrogen-bond donors (Lipinski definition) is 1. The quantitative estimate of drug-likeness (QED) is 0.756. The van der Waals surface area contributed by atoms with Gasteiger partial charge in [-0.25, -0.2) is 0 Å². The van der Waals surface area contributed by atoms with Crippen molar-refractivity contribution in [3.8, 4) is 0 Å². The van der Waals surface area contributed by atoms with Gasteiger partial charge in [-0.3, -0.25) is 9.80 Å². The van der Waals surface area contributed by atoms with E-state index in [0.717, 1.165) is 19.1 Å². The highest BCUT2D eigenvalue weighted by Gasteiger charge is 2.34. The average Bonchev–Trinajstić information content (AvgIpc) is 2.78. The van der Waals surface area contributed by atoms with E-state index in [9.17, 15) is 0 Å². The molecule has 2 aliphatic rings. The summed E-state index contributed by atoms with van der Waals surface area (Å²) in [5.74, 6) is 0. The Morgan fingerprint density at radius 2 is 1.94 bits per heavy atom. The fourth-order valence-electron chi connectivity index (χ4n) is 3.22. The third-order valence-corrected chi connectivity index (χ3v) is 4.40. The van der Waals surface area contributed by atoms with Crippen LogP contribution in [0.4, 0.5) is 0 Å². The van der Waals surface area contributed by atoms with Gasteiger partial charge in [-0.15, -0.1) is 0 Å². The molecule has 0 aromatic heterocycles. The molecule has 0 radical (unpaired) electrons. The molecule has 0 spiro atoms. The van der Waals surface area contributed by atoms with Gasteiger partial charge in [0.05, 0.1) is 0 Å². The van der Waals surface area contributed by atoms with E-state index in [2.05, 4.69) is 35.6 Å². The molecule has 2 N–H and O–H groups in total. The van der Waals surface area contributed by atoms with Crippen molar-refractivity contribution in [2.45, 2.75) is 38.4 Å². The lowest BCUT2D eigenvalue weighted by Crippen LogP contribution is -2.58. The molecular formula is C13H28N4. The van der Waals surface area contributed by atoms with Gasteiger partial charge in [0.1, 0.15) is 0 Å². The fourth-order valence-corrected chi connectivity index (χ4v) is 3.22. The third-order valence-electron chi connectivity index (χ3n) is 4.40. The Morgan fingerprint density at radius 3 is 2.53 bits per heavy atom. The van der Waals surface area contributed by atoms with Gasteiger partial charge >= 0.3 is 0 Å². The zero-order valence-electron chi connectivity index (χ0n) is 11.6. The van der Waals surface area contributed by atoms with Gasteiger partial charge < -0.3 is 10.6 Å². The Morgan fingerprint density at radius 1 is 1.18 bits per heavy atom. The SMILES string of the molecule is CC(C)N1CCC(N2CCN(C)CC2CN)C1. The first-order valence-corrected chi connectivity index (χ1v) is 7.00. The Labute approximate surface area is 106 Å². The lowest BCUT2D eigenvalue weighted by molar-refractivity contribution is 0.0573. The van der Waals surface area contributed by atoms with Gasteiger partial charge in [0.2, 0.25) is 0 Å². The fraction of sp³-hybridized carbons (Fsp3) is 1.00. The van der Waals surface area contributed by atoms with E-state index < -0.39 is 0 Å². The molecule has 4 nitrogen and oxygen atoms in total. The van der Waals surface area contributed by atoms with Crippen molar-refractivity contribution in [3.05, 3.63) is 0 Å². The number of hydrogen-bond acceptors (Lipinski definition) is 4. The highest BCUT2D eigenvalue weighted by atomic mass is 15.3. The summed E-state index contributed by atoms with van der Waals surface area (Å²) in [7, 11) is 2.20. The molecule has 2 atom stereocenters. The molecule has 0 saturated carbocycles. The summed E-state index contributed by atoms with van der Waals surface area (Å²) >= 11 is 0. The molecule has 2 fully saturated rings. The Bertz CT molecular complexity index is 244. The summed E-state index contributed by atoms with van der Waals surface area (Å²) in [6.45, 7) is 11.4. The molecule has 0 aliphatic carbocycles. The molecule has 100 valence electrons. The van der Waals surface area contributed by atoms with E-state index in [1.807, 2.05) is 0 Å². The normalized spacial score (nSPS) is 33.7. The number of likely N-dealkylation sites (tertiary alicyclic amines) is 1. The predicted molar refractivity (Wildman–Crippen MR) is 72.2 cm³/mol. The van der Waals surface area contributed by atoms with Crippen LogP contribution in [0.1, 0.15) is 20.3 Å². The second kappa shape index (κ2) is 5.65. The van der Waals surface area contributed by atoms with E-state index in [0.29, 0.717) is 12.1 Å². The van der Waals surface area contributed by atoms with Crippen LogP contribution in [0.25, 0.3) is 0 Å². The highest BCUT2D eigenvalue weighted by Crippen LogP contribution is 2.21. The first kappa shape index (κ1) is 13.3. The van der Waals surface area contributed by atoms with Crippen molar-refractivity contribution in [1.82, 2.24) is 14.7 Å². The minimum atomic E-state index is 0.561. The smallest absolute Gasteiger partial charge is 0.0349 e. The monoisotopic (exact) mass is 240 g/mol. The van der Waals surface area contributed by atoms with Crippen LogP contribution in [-0.2, 0) is 0 Å². The molecule has 2 saturated heterocycles. The first-order chi connectivity index (χ1) is 8.11. The molecule has 2 aliphatic heterocycles. The Hall–Kier alpha value is -0.160. The minimum Gasteiger partial charge on any atom is -0.329 e. The summed E-state index contributed by atoms with van der Waals surface area (Å²) in [6, 6.07) is 1.98. The maximum absolute atomic E-state index is 5.94. The largest absolute Gasteiger partial charge is 0.329 e. The standard InChI is InChI=1S/C13H28N4/c1-11(2)16-5-4-12(10-16)17-7-6-15(3)9-13(17)8-14/h11-13H,4-10,14H2,1-3H3.